The Bertz CT molecular complexity index is 729. The van der Waals surface area contributed by atoms with E-state index in [2.05, 4.69) is 15.2 Å². The summed E-state index contributed by atoms with van der Waals surface area (Å²) in [4.78, 5) is 15.0. The Hall–Kier alpha value is -2.88. The molecule has 1 unspecified atom stereocenters. The molecule has 2 aromatic rings. The van der Waals surface area contributed by atoms with Crippen LogP contribution < -0.4 is 5.73 Å². The van der Waals surface area contributed by atoms with Gasteiger partial charge in [-0.15, -0.1) is 0 Å². The van der Waals surface area contributed by atoms with Crippen molar-refractivity contribution in [1.29, 1.82) is 5.26 Å². The molecule has 0 saturated carbocycles. The number of aryl methyl sites for hydroxylation is 1. The summed E-state index contributed by atoms with van der Waals surface area (Å²) in [7, 11) is 0. The van der Waals surface area contributed by atoms with Gasteiger partial charge in [-0.2, -0.15) is 10.4 Å². The Morgan fingerprint density at radius 3 is 2.81 bits per heavy atom. The van der Waals surface area contributed by atoms with Crippen LogP contribution in [0.15, 0.2) is 12.1 Å². The fourth-order valence-electron chi connectivity index (χ4n) is 2.08. The lowest BCUT2D eigenvalue weighted by Gasteiger charge is -2.12. The van der Waals surface area contributed by atoms with Crippen LogP contribution in [0.1, 0.15) is 36.2 Å². The van der Waals surface area contributed by atoms with Gasteiger partial charge in [0.2, 0.25) is 0 Å². The summed E-state index contributed by atoms with van der Waals surface area (Å²) in [5.41, 5.74) is 8.60. The van der Waals surface area contributed by atoms with E-state index >= 15 is 0 Å². The summed E-state index contributed by atoms with van der Waals surface area (Å²) in [5.74, 6) is -1.14. The smallest absolute Gasteiger partial charge is 0.304 e. The van der Waals surface area contributed by atoms with E-state index in [0.29, 0.717) is 17.0 Å². The zero-order chi connectivity index (χ0) is 15.6. The fraction of sp³-hybridized carbons (Fsp3) is 0.286. The summed E-state index contributed by atoms with van der Waals surface area (Å²) >= 11 is 0. The molecule has 21 heavy (non-hydrogen) atoms. The van der Waals surface area contributed by atoms with Crippen molar-refractivity contribution in [2.24, 2.45) is 0 Å². The van der Waals surface area contributed by atoms with Crippen molar-refractivity contribution in [2.75, 3.05) is 5.73 Å². The highest BCUT2D eigenvalue weighted by atomic mass is 16.4. The number of anilines is 1. The van der Waals surface area contributed by atoms with Crippen LogP contribution in [0.5, 0.6) is 0 Å². The number of carboxylic acids is 1. The van der Waals surface area contributed by atoms with Crippen LogP contribution in [-0.2, 0) is 4.79 Å². The maximum absolute atomic E-state index is 10.8. The molecule has 2 rings (SSSR count). The largest absolute Gasteiger partial charge is 0.481 e. The van der Waals surface area contributed by atoms with Gasteiger partial charge in [-0.05, 0) is 19.1 Å². The Morgan fingerprint density at radius 1 is 1.57 bits per heavy atom. The molecule has 0 aliphatic rings. The van der Waals surface area contributed by atoms with E-state index in [-0.39, 0.29) is 23.7 Å². The SMILES string of the molecule is Cc1cc(-c2cc(C(C)CC(=O)O)nc(N)c2C#N)n[nH]1. The predicted molar refractivity (Wildman–Crippen MR) is 76.4 cm³/mol. The van der Waals surface area contributed by atoms with E-state index in [1.165, 1.54) is 0 Å². The van der Waals surface area contributed by atoms with Gasteiger partial charge in [-0.1, -0.05) is 6.92 Å². The maximum Gasteiger partial charge on any atom is 0.304 e. The van der Waals surface area contributed by atoms with E-state index < -0.39 is 5.97 Å². The number of pyridine rings is 1. The molecule has 0 amide bonds. The molecular formula is C14H15N5O2. The molecule has 108 valence electrons. The molecule has 0 fully saturated rings. The normalized spacial score (nSPS) is 11.9. The Balaban J connectivity index is 2.55. The molecule has 0 aliphatic carbocycles. The second-order valence-corrected chi connectivity index (χ2v) is 4.90. The number of aliphatic carboxylic acids is 1. The molecule has 4 N–H and O–H groups in total. The zero-order valence-electron chi connectivity index (χ0n) is 11.7. The number of rotatable bonds is 4. The number of nitrogens with two attached hydrogens (primary N) is 1. The molecule has 2 heterocycles. The number of aromatic nitrogens is 3. The second-order valence-electron chi connectivity index (χ2n) is 4.90. The van der Waals surface area contributed by atoms with Crippen molar-refractivity contribution in [3.8, 4) is 17.3 Å². The van der Waals surface area contributed by atoms with E-state index in [4.69, 9.17) is 10.8 Å². The number of aromatic amines is 1. The first-order chi connectivity index (χ1) is 9.92. The minimum atomic E-state index is -0.913. The summed E-state index contributed by atoms with van der Waals surface area (Å²) in [6.45, 7) is 3.60. The molecule has 0 radical (unpaired) electrons. The van der Waals surface area contributed by atoms with Crippen LogP contribution in [0.2, 0.25) is 0 Å². The molecule has 2 aromatic heterocycles. The first-order valence-electron chi connectivity index (χ1n) is 6.37. The highest BCUT2D eigenvalue weighted by Crippen LogP contribution is 2.29. The first-order valence-corrected chi connectivity index (χ1v) is 6.37. The minimum absolute atomic E-state index is 0.0582. The number of H-pyrrole nitrogens is 1. The average molecular weight is 285 g/mol. The van der Waals surface area contributed by atoms with Gasteiger partial charge in [0, 0.05) is 22.9 Å². The van der Waals surface area contributed by atoms with E-state index in [0.717, 1.165) is 5.69 Å². The lowest BCUT2D eigenvalue weighted by molar-refractivity contribution is -0.137. The number of nitrogen functional groups attached to an aromatic ring is 1. The number of nitriles is 1. The summed E-state index contributed by atoms with van der Waals surface area (Å²) in [5, 5.41) is 25.0. The third-order valence-corrected chi connectivity index (χ3v) is 3.15. The lowest BCUT2D eigenvalue weighted by atomic mass is 9.98. The van der Waals surface area contributed by atoms with Gasteiger partial charge >= 0.3 is 5.97 Å². The van der Waals surface area contributed by atoms with Gasteiger partial charge in [0.05, 0.1) is 12.1 Å². The number of hydrogen-bond acceptors (Lipinski definition) is 5. The Kier molecular flexibility index (Phi) is 3.89. The van der Waals surface area contributed by atoms with Crippen molar-refractivity contribution in [3.63, 3.8) is 0 Å². The van der Waals surface area contributed by atoms with Crippen LogP contribution in [0.3, 0.4) is 0 Å². The summed E-state index contributed by atoms with van der Waals surface area (Å²) in [6.07, 6.45) is -0.0582. The third-order valence-electron chi connectivity index (χ3n) is 3.15. The van der Waals surface area contributed by atoms with Gasteiger partial charge in [-0.3, -0.25) is 9.89 Å². The molecule has 7 nitrogen and oxygen atoms in total. The molecule has 7 heteroatoms. The monoisotopic (exact) mass is 285 g/mol. The number of nitrogens with zero attached hydrogens (tertiary/aromatic N) is 3. The third kappa shape index (κ3) is 3.00. The van der Waals surface area contributed by atoms with E-state index in [9.17, 15) is 10.1 Å². The van der Waals surface area contributed by atoms with Gasteiger partial charge in [0.15, 0.2) is 0 Å². The summed E-state index contributed by atoms with van der Waals surface area (Å²) in [6, 6.07) is 5.49. The molecule has 0 spiro atoms. The number of hydrogen-bond donors (Lipinski definition) is 3. The molecule has 0 bridgehead atoms. The predicted octanol–water partition coefficient (Wildman–Crippen LogP) is 1.81. The van der Waals surface area contributed by atoms with Gasteiger partial charge < -0.3 is 10.8 Å². The fourth-order valence-corrected chi connectivity index (χ4v) is 2.08. The van der Waals surface area contributed by atoms with Crippen LogP contribution >= 0.6 is 0 Å². The average Bonchev–Trinajstić information content (AvgIpc) is 2.83. The van der Waals surface area contributed by atoms with E-state index in [1.807, 2.05) is 13.0 Å². The van der Waals surface area contributed by atoms with Crippen molar-refractivity contribution in [1.82, 2.24) is 15.2 Å². The second kappa shape index (κ2) is 5.63. The zero-order valence-corrected chi connectivity index (χ0v) is 11.7. The molecular weight excluding hydrogens is 270 g/mol. The Labute approximate surface area is 121 Å². The lowest BCUT2D eigenvalue weighted by Crippen LogP contribution is -2.08. The summed E-state index contributed by atoms with van der Waals surface area (Å²) < 4.78 is 0. The van der Waals surface area contributed by atoms with Crippen LogP contribution in [0, 0.1) is 18.3 Å². The number of carboxylic acid groups (broad SMARTS) is 1. The van der Waals surface area contributed by atoms with Crippen LogP contribution in [-0.4, -0.2) is 26.3 Å². The Morgan fingerprint density at radius 2 is 2.29 bits per heavy atom. The first kappa shape index (κ1) is 14.5. The number of carbonyl (C=O) groups is 1. The molecule has 0 aromatic carbocycles. The van der Waals surface area contributed by atoms with Gasteiger partial charge in [0.1, 0.15) is 17.5 Å². The van der Waals surface area contributed by atoms with Gasteiger partial charge in [-0.25, -0.2) is 4.98 Å². The van der Waals surface area contributed by atoms with Crippen molar-refractivity contribution in [2.45, 2.75) is 26.2 Å². The molecule has 0 saturated heterocycles. The van der Waals surface area contributed by atoms with Gasteiger partial charge in [0.25, 0.3) is 0 Å². The molecule has 0 aliphatic heterocycles. The topological polar surface area (TPSA) is 129 Å². The highest BCUT2D eigenvalue weighted by Gasteiger charge is 2.18. The van der Waals surface area contributed by atoms with Crippen molar-refractivity contribution < 1.29 is 9.90 Å². The number of nitrogens with one attached hydrogen (secondary N) is 1. The quantitative estimate of drug-likeness (QED) is 0.785. The standard InChI is InChI=1S/C14H15N5O2/c1-7(3-13(20)21)11-5-9(10(6-15)14(16)17-11)12-4-8(2)18-19-12/h4-5,7H,3H2,1-2H3,(H2,16,17)(H,18,19)(H,20,21). The van der Waals surface area contributed by atoms with Crippen molar-refractivity contribution in [3.05, 3.63) is 29.1 Å². The van der Waals surface area contributed by atoms with Crippen LogP contribution in [0.25, 0.3) is 11.3 Å². The molecule has 1 atom stereocenters. The minimum Gasteiger partial charge on any atom is -0.481 e. The van der Waals surface area contributed by atoms with Crippen LogP contribution in [0.4, 0.5) is 5.82 Å². The van der Waals surface area contributed by atoms with E-state index in [1.54, 1.807) is 19.1 Å². The highest BCUT2D eigenvalue weighted by molar-refractivity contribution is 5.74. The van der Waals surface area contributed by atoms with Crippen molar-refractivity contribution >= 4 is 11.8 Å². The maximum atomic E-state index is 10.8.